The number of carboxylic acid groups (broad SMARTS) is 1. The molecule has 0 aliphatic carbocycles. The summed E-state index contributed by atoms with van der Waals surface area (Å²) >= 11 is 6.47. The fourth-order valence-electron chi connectivity index (χ4n) is 3.32. The summed E-state index contributed by atoms with van der Waals surface area (Å²) in [4.78, 5) is 12.9. The highest BCUT2D eigenvalue weighted by molar-refractivity contribution is 6.31. The van der Waals surface area contributed by atoms with Crippen LogP contribution in [0.2, 0.25) is 5.02 Å². The Balaban J connectivity index is 1.57. The quantitative estimate of drug-likeness (QED) is 0.800. The number of rotatable bonds is 5. The van der Waals surface area contributed by atoms with Crippen molar-refractivity contribution in [1.29, 1.82) is 0 Å². The lowest BCUT2D eigenvalue weighted by Crippen LogP contribution is -2.38. The molecule has 3 rings (SSSR count). The van der Waals surface area contributed by atoms with Crippen LogP contribution in [0.15, 0.2) is 42.5 Å². The molecule has 1 saturated heterocycles. The Morgan fingerprint density at radius 3 is 2.42 bits per heavy atom. The zero-order chi connectivity index (χ0) is 18.5. The zero-order valence-electron chi connectivity index (χ0n) is 14.4. The van der Waals surface area contributed by atoms with Gasteiger partial charge in [0, 0.05) is 18.1 Å². The highest BCUT2D eigenvalue weighted by Gasteiger charge is 2.20. The van der Waals surface area contributed by atoms with E-state index in [0.29, 0.717) is 17.5 Å². The van der Waals surface area contributed by atoms with Crippen molar-refractivity contribution in [2.75, 3.05) is 19.6 Å². The Kier molecular flexibility index (Phi) is 6.12. The molecule has 2 aromatic carbocycles. The standard InChI is InChI=1S/C20H22ClFN2O2/c21-19-11-16(15-3-5-18(22)6-4-15)1-2-17(19)13-24-9-7-14(8-10-24)12-23-20(25)26/h1-6,11,14,23H,7-10,12-13H2,(H,25,26). The van der Waals surface area contributed by atoms with Gasteiger partial charge in [0.05, 0.1) is 0 Å². The molecule has 2 aromatic rings. The van der Waals surface area contributed by atoms with Crippen LogP contribution in [0.5, 0.6) is 0 Å². The minimum atomic E-state index is -0.958. The summed E-state index contributed by atoms with van der Waals surface area (Å²) in [5.41, 5.74) is 2.98. The Labute approximate surface area is 157 Å². The molecular weight excluding hydrogens is 355 g/mol. The van der Waals surface area contributed by atoms with Gasteiger partial charge >= 0.3 is 6.09 Å². The number of likely N-dealkylation sites (tertiary alicyclic amines) is 1. The van der Waals surface area contributed by atoms with Crippen LogP contribution >= 0.6 is 11.6 Å². The molecule has 138 valence electrons. The summed E-state index contributed by atoms with van der Waals surface area (Å²) < 4.78 is 13.1. The maximum Gasteiger partial charge on any atom is 0.404 e. The molecule has 0 atom stereocenters. The monoisotopic (exact) mass is 376 g/mol. The lowest BCUT2D eigenvalue weighted by molar-refractivity contribution is 0.166. The van der Waals surface area contributed by atoms with Crippen molar-refractivity contribution in [3.05, 3.63) is 58.9 Å². The summed E-state index contributed by atoms with van der Waals surface area (Å²) in [6.45, 7) is 3.17. The summed E-state index contributed by atoms with van der Waals surface area (Å²) in [7, 11) is 0. The molecule has 0 unspecified atom stereocenters. The van der Waals surface area contributed by atoms with Crippen molar-refractivity contribution in [3.63, 3.8) is 0 Å². The average molecular weight is 377 g/mol. The van der Waals surface area contributed by atoms with Gasteiger partial charge in [0.1, 0.15) is 5.82 Å². The smallest absolute Gasteiger partial charge is 0.404 e. The van der Waals surface area contributed by atoms with E-state index in [-0.39, 0.29) is 5.82 Å². The molecule has 2 N–H and O–H groups in total. The third kappa shape index (κ3) is 4.96. The number of hydrogen-bond donors (Lipinski definition) is 2. The second-order valence-electron chi connectivity index (χ2n) is 6.72. The van der Waals surface area contributed by atoms with Crippen molar-refractivity contribution >= 4 is 17.7 Å². The summed E-state index contributed by atoms with van der Waals surface area (Å²) in [6.07, 6.45) is 0.998. The van der Waals surface area contributed by atoms with Crippen molar-refractivity contribution in [2.24, 2.45) is 5.92 Å². The van der Waals surface area contributed by atoms with Crippen molar-refractivity contribution in [2.45, 2.75) is 19.4 Å². The van der Waals surface area contributed by atoms with Gasteiger partial charge in [-0.25, -0.2) is 9.18 Å². The van der Waals surface area contributed by atoms with Gasteiger partial charge in [-0.05, 0) is 66.7 Å². The van der Waals surface area contributed by atoms with E-state index in [4.69, 9.17) is 16.7 Å². The van der Waals surface area contributed by atoms with Crippen molar-refractivity contribution in [3.8, 4) is 11.1 Å². The van der Waals surface area contributed by atoms with Gasteiger partial charge in [-0.3, -0.25) is 4.90 Å². The minimum Gasteiger partial charge on any atom is -0.465 e. The van der Waals surface area contributed by atoms with Crippen molar-refractivity contribution in [1.82, 2.24) is 10.2 Å². The minimum absolute atomic E-state index is 0.251. The first-order valence-corrected chi connectivity index (χ1v) is 9.12. The van der Waals surface area contributed by atoms with Crippen LogP contribution in [0.25, 0.3) is 11.1 Å². The number of halogens is 2. The molecule has 6 heteroatoms. The maximum atomic E-state index is 13.1. The van der Waals surface area contributed by atoms with Gasteiger partial charge in [0.15, 0.2) is 0 Å². The second-order valence-corrected chi connectivity index (χ2v) is 7.13. The molecule has 0 bridgehead atoms. The van der Waals surface area contributed by atoms with Crippen LogP contribution in [0.4, 0.5) is 9.18 Å². The summed E-state index contributed by atoms with van der Waals surface area (Å²) in [5.74, 6) is 0.150. The molecule has 1 aliphatic heterocycles. The second kappa shape index (κ2) is 8.52. The Morgan fingerprint density at radius 1 is 1.15 bits per heavy atom. The molecule has 26 heavy (non-hydrogen) atoms. The first-order valence-electron chi connectivity index (χ1n) is 8.75. The number of piperidine rings is 1. The van der Waals surface area contributed by atoms with Gasteiger partial charge in [-0.2, -0.15) is 0 Å². The largest absolute Gasteiger partial charge is 0.465 e. The predicted octanol–water partition coefficient (Wildman–Crippen LogP) is 4.63. The van der Waals surface area contributed by atoms with E-state index in [2.05, 4.69) is 10.2 Å². The van der Waals surface area contributed by atoms with Crippen LogP contribution < -0.4 is 5.32 Å². The fraction of sp³-hybridized carbons (Fsp3) is 0.350. The molecule has 1 amide bonds. The third-order valence-corrected chi connectivity index (χ3v) is 5.23. The van der Waals surface area contributed by atoms with E-state index < -0.39 is 6.09 Å². The average Bonchev–Trinajstić information content (AvgIpc) is 2.63. The van der Waals surface area contributed by atoms with Crippen molar-refractivity contribution < 1.29 is 14.3 Å². The van der Waals surface area contributed by atoms with Gasteiger partial charge in [-0.1, -0.05) is 35.9 Å². The number of hydrogen-bond acceptors (Lipinski definition) is 2. The Morgan fingerprint density at radius 2 is 1.81 bits per heavy atom. The summed E-state index contributed by atoms with van der Waals surface area (Å²) in [6, 6.07) is 12.3. The SMILES string of the molecule is O=C(O)NCC1CCN(Cc2ccc(-c3ccc(F)cc3)cc2Cl)CC1. The van der Waals surface area contributed by atoms with Gasteiger partial charge < -0.3 is 10.4 Å². The molecule has 0 radical (unpaired) electrons. The topological polar surface area (TPSA) is 52.6 Å². The first kappa shape index (κ1) is 18.7. The lowest BCUT2D eigenvalue weighted by atomic mass is 9.96. The number of benzene rings is 2. The molecule has 1 aliphatic rings. The van der Waals surface area contributed by atoms with E-state index in [9.17, 15) is 9.18 Å². The van der Waals surface area contributed by atoms with E-state index >= 15 is 0 Å². The van der Waals surface area contributed by atoms with Crippen LogP contribution in [-0.2, 0) is 6.54 Å². The maximum absolute atomic E-state index is 13.1. The van der Waals surface area contributed by atoms with E-state index in [1.165, 1.54) is 12.1 Å². The summed E-state index contributed by atoms with van der Waals surface area (Å²) in [5, 5.41) is 11.9. The molecule has 0 aromatic heterocycles. The normalized spacial score (nSPS) is 15.8. The Bertz CT molecular complexity index is 759. The molecular formula is C20H22ClFN2O2. The molecule has 4 nitrogen and oxygen atoms in total. The van der Waals surface area contributed by atoms with Crippen LogP contribution in [0.3, 0.4) is 0 Å². The lowest BCUT2D eigenvalue weighted by Gasteiger charge is -2.32. The predicted molar refractivity (Wildman–Crippen MR) is 101 cm³/mol. The Hall–Kier alpha value is -2.11. The molecule has 0 saturated carbocycles. The molecule has 0 spiro atoms. The van der Waals surface area contributed by atoms with E-state index in [1.54, 1.807) is 12.1 Å². The molecule has 1 fully saturated rings. The van der Waals surface area contributed by atoms with Gasteiger partial charge in [0.2, 0.25) is 0 Å². The van der Waals surface area contributed by atoms with Gasteiger partial charge in [-0.15, -0.1) is 0 Å². The zero-order valence-corrected chi connectivity index (χ0v) is 15.2. The first-order chi connectivity index (χ1) is 12.5. The number of amides is 1. The fourth-order valence-corrected chi connectivity index (χ4v) is 3.56. The van der Waals surface area contributed by atoms with E-state index in [0.717, 1.165) is 49.2 Å². The number of nitrogens with one attached hydrogen (secondary N) is 1. The van der Waals surface area contributed by atoms with Crippen LogP contribution in [0.1, 0.15) is 18.4 Å². The third-order valence-electron chi connectivity index (χ3n) is 4.87. The number of nitrogens with zero attached hydrogens (tertiary/aromatic N) is 1. The highest BCUT2D eigenvalue weighted by atomic mass is 35.5. The van der Waals surface area contributed by atoms with Gasteiger partial charge in [0.25, 0.3) is 0 Å². The number of carbonyl (C=O) groups is 1. The van der Waals surface area contributed by atoms with Crippen LogP contribution in [-0.4, -0.2) is 35.7 Å². The molecule has 1 heterocycles. The highest BCUT2D eigenvalue weighted by Crippen LogP contribution is 2.28. The van der Waals surface area contributed by atoms with E-state index in [1.807, 2.05) is 18.2 Å². The van der Waals surface area contributed by atoms with Crippen LogP contribution in [0, 0.1) is 11.7 Å².